The molecule has 0 aromatic carbocycles. The smallest absolute Gasteiger partial charge is 0.00484 e. The Bertz CT molecular complexity index is 84.8. The summed E-state index contributed by atoms with van der Waals surface area (Å²) in [6.07, 6.45) is 10.3. The molecule has 0 atom stereocenters. The minimum atomic E-state index is 0.833. The van der Waals surface area contributed by atoms with Crippen LogP contribution in [0.1, 0.15) is 86.5 Å². The summed E-state index contributed by atoms with van der Waals surface area (Å²) >= 11 is 0. The summed E-state index contributed by atoms with van der Waals surface area (Å²) in [6.45, 7) is 15.5. The normalized spacial score (nSPS) is 17.3. The fraction of sp³-hybridized carbons (Fsp3) is 1.00. The van der Waals surface area contributed by atoms with Crippen molar-refractivity contribution in [2.24, 2.45) is 11.8 Å². The van der Waals surface area contributed by atoms with E-state index < -0.39 is 0 Å². The molecule has 2 fully saturated rings. The Morgan fingerprint density at radius 2 is 0.722 bits per heavy atom. The molecule has 0 amide bonds. The Morgan fingerprint density at radius 1 is 0.500 bits per heavy atom. The Labute approximate surface area is 117 Å². The van der Waals surface area contributed by atoms with E-state index in [1.165, 1.54) is 58.0 Å². The zero-order valence-corrected chi connectivity index (χ0v) is 14.0. The van der Waals surface area contributed by atoms with Gasteiger partial charge in [0.25, 0.3) is 0 Å². The summed E-state index contributed by atoms with van der Waals surface area (Å²) in [4.78, 5) is 0. The minimum absolute atomic E-state index is 0.833. The van der Waals surface area contributed by atoms with Gasteiger partial charge in [-0.05, 0) is 37.8 Å². The third kappa shape index (κ3) is 36.0. The summed E-state index contributed by atoms with van der Waals surface area (Å²) < 4.78 is 0. The molecule has 2 rings (SSSR count). The molecule has 1 saturated heterocycles. The van der Waals surface area contributed by atoms with Crippen molar-refractivity contribution < 1.29 is 0 Å². The van der Waals surface area contributed by atoms with E-state index in [9.17, 15) is 0 Å². The Hall–Kier alpha value is -0.0400. The fourth-order valence-electron chi connectivity index (χ4n) is 1.51. The van der Waals surface area contributed by atoms with Gasteiger partial charge in [-0.2, -0.15) is 0 Å². The number of rotatable bonds is 0. The molecule has 1 saturated carbocycles. The van der Waals surface area contributed by atoms with E-state index in [0.29, 0.717) is 0 Å². The van der Waals surface area contributed by atoms with Crippen molar-refractivity contribution in [2.75, 3.05) is 13.1 Å². The highest BCUT2D eigenvalue weighted by atomic mass is 14.9. The molecule has 1 heterocycles. The molecule has 0 bridgehead atoms. The van der Waals surface area contributed by atoms with Crippen molar-refractivity contribution in [1.82, 2.24) is 5.32 Å². The first-order valence-electron chi connectivity index (χ1n) is 8.17. The van der Waals surface area contributed by atoms with Gasteiger partial charge in [0.05, 0.1) is 0 Å². The lowest BCUT2D eigenvalue weighted by molar-refractivity contribution is 0.736. The molecule has 112 valence electrons. The number of nitrogens with one attached hydrogen (secondary N) is 1. The van der Waals surface area contributed by atoms with Gasteiger partial charge in [-0.15, -0.1) is 0 Å². The largest absolute Gasteiger partial charge is 0.317 e. The van der Waals surface area contributed by atoms with Crippen LogP contribution in [0.2, 0.25) is 0 Å². The second-order valence-electron chi connectivity index (χ2n) is 6.69. The molecule has 1 aliphatic carbocycles. The van der Waals surface area contributed by atoms with Gasteiger partial charge in [0.2, 0.25) is 0 Å². The summed E-state index contributed by atoms with van der Waals surface area (Å²) in [6, 6.07) is 0. The highest BCUT2D eigenvalue weighted by Gasteiger charge is 1.95. The second kappa shape index (κ2) is 17.0. The van der Waals surface area contributed by atoms with E-state index in [-0.39, 0.29) is 0 Å². The topological polar surface area (TPSA) is 12.0 Å². The van der Waals surface area contributed by atoms with Crippen LogP contribution in [0.4, 0.5) is 0 Å². The lowest BCUT2D eigenvalue weighted by Gasteiger charge is -1.79. The van der Waals surface area contributed by atoms with Crippen molar-refractivity contribution in [2.45, 2.75) is 86.5 Å². The van der Waals surface area contributed by atoms with Crippen LogP contribution in [0.5, 0.6) is 0 Å². The SMILES string of the molecule is C1CCCC1.C1CCNC1.CC(C)C.CC(C)C. The van der Waals surface area contributed by atoms with Crippen LogP contribution >= 0.6 is 0 Å². The van der Waals surface area contributed by atoms with Gasteiger partial charge in [-0.25, -0.2) is 0 Å². The number of hydrogen-bond donors (Lipinski definition) is 1. The maximum atomic E-state index is 3.22. The molecule has 1 N–H and O–H groups in total. The van der Waals surface area contributed by atoms with Crippen LogP contribution in [0.3, 0.4) is 0 Å². The molecule has 0 spiro atoms. The lowest BCUT2D eigenvalue weighted by Crippen LogP contribution is -2.03. The number of hydrogen-bond acceptors (Lipinski definition) is 1. The van der Waals surface area contributed by atoms with E-state index in [1.54, 1.807) is 0 Å². The van der Waals surface area contributed by atoms with Crippen molar-refractivity contribution in [1.29, 1.82) is 0 Å². The molecule has 1 heteroatoms. The van der Waals surface area contributed by atoms with Gasteiger partial charge < -0.3 is 5.32 Å². The van der Waals surface area contributed by atoms with Gasteiger partial charge in [-0.1, -0.05) is 73.6 Å². The van der Waals surface area contributed by atoms with Gasteiger partial charge in [0.1, 0.15) is 0 Å². The Kier molecular flexibility index (Phi) is 19.1. The summed E-state index contributed by atoms with van der Waals surface area (Å²) in [5.74, 6) is 1.67. The molecule has 0 aromatic heterocycles. The molecular formula is C17H39N. The van der Waals surface area contributed by atoms with Gasteiger partial charge >= 0.3 is 0 Å². The Morgan fingerprint density at radius 3 is 0.833 bits per heavy atom. The van der Waals surface area contributed by atoms with Crippen LogP contribution in [0.25, 0.3) is 0 Å². The van der Waals surface area contributed by atoms with Crippen LogP contribution in [-0.2, 0) is 0 Å². The third-order valence-corrected chi connectivity index (χ3v) is 2.21. The minimum Gasteiger partial charge on any atom is -0.317 e. The average Bonchev–Trinajstić information content (AvgIpc) is 2.96. The standard InChI is InChI=1S/C5H10.C4H9N.2C4H10/c2*1-2-4-5-3-1;2*1-4(2)3/h1-5H2;5H,1-4H2;2*4H,1-3H3. The summed E-state index contributed by atoms with van der Waals surface area (Å²) in [5.41, 5.74) is 0. The quantitative estimate of drug-likeness (QED) is 0.591. The predicted octanol–water partition coefficient (Wildman–Crippen LogP) is 5.64. The summed E-state index contributed by atoms with van der Waals surface area (Å²) in [5, 5.41) is 3.22. The monoisotopic (exact) mass is 257 g/mol. The van der Waals surface area contributed by atoms with E-state index in [2.05, 4.69) is 46.9 Å². The van der Waals surface area contributed by atoms with Gasteiger partial charge in [0.15, 0.2) is 0 Å². The van der Waals surface area contributed by atoms with Crippen LogP contribution < -0.4 is 5.32 Å². The van der Waals surface area contributed by atoms with E-state index >= 15 is 0 Å². The first kappa shape index (κ1) is 20.3. The van der Waals surface area contributed by atoms with Crippen LogP contribution in [-0.4, -0.2) is 13.1 Å². The molecule has 1 nitrogen and oxygen atoms in total. The van der Waals surface area contributed by atoms with Gasteiger partial charge in [0, 0.05) is 0 Å². The highest BCUT2D eigenvalue weighted by molar-refractivity contribution is 4.55. The van der Waals surface area contributed by atoms with E-state index in [0.717, 1.165) is 11.8 Å². The molecular weight excluding hydrogens is 218 g/mol. The highest BCUT2D eigenvalue weighted by Crippen LogP contribution is 2.15. The van der Waals surface area contributed by atoms with Gasteiger partial charge in [-0.3, -0.25) is 0 Å². The zero-order chi connectivity index (χ0) is 14.2. The molecule has 0 radical (unpaired) electrons. The second-order valence-corrected chi connectivity index (χ2v) is 6.69. The molecule has 18 heavy (non-hydrogen) atoms. The molecule has 1 aliphatic heterocycles. The fourth-order valence-corrected chi connectivity index (χ4v) is 1.51. The van der Waals surface area contributed by atoms with Crippen molar-refractivity contribution in [3.05, 3.63) is 0 Å². The predicted molar refractivity (Wildman–Crippen MR) is 86.2 cm³/mol. The molecule has 0 unspecified atom stereocenters. The van der Waals surface area contributed by atoms with Crippen LogP contribution in [0.15, 0.2) is 0 Å². The maximum absolute atomic E-state index is 3.22. The van der Waals surface area contributed by atoms with Crippen molar-refractivity contribution in [3.8, 4) is 0 Å². The third-order valence-electron chi connectivity index (χ3n) is 2.21. The first-order chi connectivity index (χ1) is 8.46. The Balaban J connectivity index is 0. The lowest BCUT2D eigenvalue weighted by atomic mass is 10.3. The van der Waals surface area contributed by atoms with E-state index in [1.807, 2.05) is 0 Å². The van der Waals surface area contributed by atoms with E-state index in [4.69, 9.17) is 0 Å². The first-order valence-corrected chi connectivity index (χ1v) is 8.17. The zero-order valence-electron chi connectivity index (χ0n) is 14.0. The summed E-state index contributed by atoms with van der Waals surface area (Å²) in [7, 11) is 0. The molecule has 2 aliphatic rings. The van der Waals surface area contributed by atoms with Crippen LogP contribution in [0, 0.1) is 11.8 Å². The molecule has 0 aromatic rings. The van der Waals surface area contributed by atoms with Crippen molar-refractivity contribution in [3.63, 3.8) is 0 Å². The van der Waals surface area contributed by atoms with Crippen molar-refractivity contribution >= 4 is 0 Å². The maximum Gasteiger partial charge on any atom is -0.00484 e. The average molecular weight is 258 g/mol.